The van der Waals surface area contributed by atoms with Crippen LogP contribution >= 0.6 is 11.6 Å². The Labute approximate surface area is 112 Å². The average Bonchev–Trinajstić information content (AvgIpc) is 2.39. The summed E-state index contributed by atoms with van der Waals surface area (Å²) in [4.78, 5) is 0. The second-order valence-corrected chi connectivity index (χ2v) is 4.56. The van der Waals surface area contributed by atoms with E-state index < -0.39 is 6.10 Å². The molecule has 0 spiro atoms. The van der Waals surface area contributed by atoms with Crippen LogP contribution in [0.1, 0.15) is 17.2 Å². The predicted molar refractivity (Wildman–Crippen MR) is 73.1 cm³/mol. The van der Waals surface area contributed by atoms with Gasteiger partial charge in [-0.2, -0.15) is 0 Å². The van der Waals surface area contributed by atoms with E-state index in [9.17, 15) is 5.11 Å². The molecule has 18 heavy (non-hydrogen) atoms. The summed E-state index contributed by atoms with van der Waals surface area (Å²) >= 11 is 5.92. The zero-order valence-electron chi connectivity index (χ0n) is 10.1. The van der Waals surface area contributed by atoms with Crippen molar-refractivity contribution in [1.29, 1.82) is 0 Å². The molecule has 2 aromatic carbocycles. The highest BCUT2D eigenvalue weighted by molar-refractivity contribution is 6.30. The van der Waals surface area contributed by atoms with Crippen LogP contribution < -0.4 is 4.74 Å². The van der Waals surface area contributed by atoms with Gasteiger partial charge in [0.05, 0.1) is 13.2 Å². The first-order valence-corrected chi connectivity index (χ1v) is 6.13. The van der Waals surface area contributed by atoms with Crippen LogP contribution in [-0.4, -0.2) is 12.2 Å². The van der Waals surface area contributed by atoms with Crippen molar-refractivity contribution in [2.24, 2.45) is 0 Å². The van der Waals surface area contributed by atoms with Crippen molar-refractivity contribution in [3.63, 3.8) is 0 Å². The fourth-order valence-electron chi connectivity index (χ4n) is 1.85. The van der Waals surface area contributed by atoms with Gasteiger partial charge in [-0.1, -0.05) is 35.9 Å². The largest absolute Gasteiger partial charge is 0.497 e. The lowest BCUT2D eigenvalue weighted by Crippen LogP contribution is -2.02. The summed E-state index contributed by atoms with van der Waals surface area (Å²) < 4.78 is 5.14. The minimum atomic E-state index is -0.557. The molecule has 1 atom stereocenters. The van der Waals surface area contributed by atoms with E-state index in [0.29, 0.717) is 11.4 Å². The zero-order chi connectivity index (χ0) is 13.0. The second kappa shape index (κ2) is 5.89. The van der Waals surface area contributed by atoms with Gasteiger partial charge in [-0.05, 0) is 35.4 Å². The van der Waals surface area contributed by atoms with E-state index in [-0.39, 0.29) is 0 Å². The number of aliphatic hydroxyl groups excluding tert-OH is 1. The lowest BCUT2D eigenvalue weighted by Gasteiger charge is -2.12. The third kappa shape index (κ3) is 3.25. The average molecular weight is 263 g/mol. The number of halogens is 1. The van der Waals surface area contributed by atoms with Gasteiger partial charge in [-0.15, -0.1) is 0 Å². The molecule has 3 heteroatoms. The van der Waals surface area contributed by atoms with Crippen molar-refractivity contribution in [3.05, 3.63) is 64.7 Å². The van der Waals surface area contributed by atoms with Crippen LogP contribution in [0.5, 0.6) is 5.75 Å². The van der Waals surface area contributed by atoms with E-state index in [0.717, 1.165) is 16.9 Å². The van der Waals surface area contributed by atoms with Crippen molar-refractivity contribution in [2.45, 2.75) is 12.5 Å². The van der Waals surface area contributed by atoms with E-state index in [1.165, 1.54) is 0 Å². The Kier molecular flexibility index (Phi) is 4.24. The molecule has 94 valence electrons. The quantitative estimate of drug-likeness (QED) is 0.912. The highest BCUT2D eigenvalue weighted by atomic mass is 35.5. The maximum absolute atomic E-state index is 10.2. The molecule has 0 aromatic heterocycles. The molecule has 0 amide bonds. The minimum absolute atomic E-state index is 0.535. The molecule has 1 unspecified atom stereocenters. The summed E-state index contributed by atoms with van der Waals surface area (Å²) in [5, 5.41) is 10.9. The van der Waals surface area contributed by atoms with Crippen molar-refractivity contribution in [1.82, 2.24) is 0 Å². The highest BCUT2D eigenvalue weighted by Gasteiger charge is 2.09. The summed E-state index contributed by atoms with van der Waals surface area (Å²) in [6, 6.07) is 15.0. The minimum Gasteiger partial charge on any atom is -0.497 e. The van der Waals surface area contributed by atoms with Crippen LogP contribution in [0.15, 0.2) is 48.5 Å². The van der Waals surface area contributed by atoms with Crippen LogP contribution in [0, 0.1) is 0 Å². The fraction of sp³-hybridized carbons (Fsp3) is 0.200. The van der Waals surface area contributed by atoms with E-state index in [2.05, 4.69) is 0 Å². The SMILES string of the molecule is COc1cccc(C(O)Cc2cccc(Cl)c2)c1. The molecule has 1 N–H and O–H groups in total. The molecule has 0 bridgehead atoms. The number of hydrogen-bond acceptors (Lipinski definition) is 2. The Bertz CT molecular complexity index is 525. The van der Waals surface area contributed by atoms with Crippen LogP contribution in [0.25, 0.3) is 0 Å². The molecule has 0 radical (unpaired) electrons. The van der Waals surface area contributed by atoms with Crippen LogP contribution in [0.3, 0.4) is 0 Å². The molecule has 2 nitrogen and oxygen atoms in total. The summed E-state index contributed by atoms with van der Waals surface area (Å²) in [5.41, 5.74) is 1.85. The summed E-state index contributed by atoms with van der Waals surface area (Å²) in [6.45, 7) is 0. The topological polar surface area (TPSA) is 29.5 Å². The van der Waals surface area contributed by atoms with Gasteiger partial charge in [0.15, 0.2) is 0 Å². The third-order valence-electron chi connectivity index (χ3n) is 2.80. The zero-order valence-corrected chi connectivity index (χ0v) is 10.9. The Balaban J connectivity index is 2.13. The van der Waals surface area contributed by atoms with Gasteiger partial charge in [0.25, 0.3) is 0 Å². The summed E-state index contributed by atoms with van der Waals surface area (Å²) in [7, 11) is 1.61. The maximum atomic E-state index is 10.2. The van der Waals surface area contributed by atoms with Gasteiger partial charge in [-0.25, -0.2) is 0 Å². The first-order chi connectivity index (χ1) is 8.69. The smallest absolute Gasteiger partial charge is 0.119 e. The molecular weight excluding hydrogens is 248 g/mol. The van der Waals surface area contributed by atoms with Crippen molar-refractivity contribution in [3.8, 4) is 5.75 Å². The summed E-state index contributed by atoms with van der Waals surface area (Å²) in [6.07, 6.45) is -0.0214. The molecule has 2 aromatic rings. The van der Waals surface area contributed by atoms with Gasteiger partial charge in [0.1, 0.15) is 5.75 Å². The second-order valence-electron chi connectivity index (χ2n) is 4.13. The first kappa shape index (κ1) is 12.9. The van der Waals surface area contributed by atoms with E-state index in [4.69, 9.17) is 16.3 Å². The Hall–Kier alpha value is -1.51. The van der Waals surface area contributed by atoms with Crippen molar-refractivity contribution in [2.75, 3.05) is 7.11 Å². The Morgan fingerprint density at radius 2 is 1.94 bits per heavy atom. The summed E-state index contributed by atoms with van der Waals surface area (Å²) in [5.74, 6) is 0.748. The standard InChI is InChI=1S/C15H15ClO2/c1-18-14-7-3-5-12(10-14)15(17)9-11-4-2-6-13(16)8-11/h2-8,10,15,17H,9H2,1H3. The van der Waals surface area contributed by atoms with Crippen LogP contribution in [-0.2, 0) is 6.42 Å². The molecule has 0 aliphatic carbocycles. The van der Waals surface area contributed by atoms with Gasteiger partial charge < -0.3 is 9.84 Å². The molecule has 0 aliphatic rings. The van der Waals surface area contributed by atoms with E-state index in [1.54, 1.807) is 7.11 Å². The van der Waals surface area contributed by atoms with Gasteiger partial charge in [0.2, 0.25) is 0 Å². The van der Waals surface area contributed by atoms with Gasteiger partial charge >= 0.3 is 0 Å². The number of ether oxygens (including phenoxy) is 1. The third-order valence-corrected chi connectivity index (χ3v) is 3.03. The van der Waals surface area contributed by atoms with E-state index >= 15 is 0 Å². The monoisotopic (exact) mass is 262 g/mol. The number of rotatable bonds is 4. The lowest BCUT2D eigenvalue weighted by molar-refractivity contribution is 0.178. The lowest BCUT2D eigenvalue weighted by atomic mass is 10.0. The highest BCUT2D eigenvalue weighted by Crippen LogP contribution is 2.23. The van der Waals surface area contributed by atoms with Crippen molar-refractivity contribution < 1.29 is 9.84 Å². The molecule has 0 saturated carbocycles. The van der Waals surface area contributed by atoms with Gasteiger partial charge in [-0.3, -0.25) is 0 Å². The van der Waals surface area contributed by atoms with E-state index in [1.807, 2.05) is 48.5 Å². The van der Waals surface area contributed by atoms with Gasteiger partial charge in [0, 0.05) is 11.4 Å². The van der Waals surface area contributed by atoms with Crippen LogP contribution in [0.2, 0.25) is 5.02 Å². The maximum Gasteiger partial charge on any atom is 0.119 e. The molecular formula is C15H15ClO2. The number of aliphatic hydroxyl groups is 1. The predicted octanol–water partition coefficient (Wildman–Crippen LogP) is 3.62. The Morgan fingerprint density at radius 1 is 1.17 bits per heavy atom. The normalized spacial score (nSPS) is 12.2. The molecule has 0 fully saturated rings. The number of methoxy groups -OCH3 is 1. The number of hydrogen-bond donors (Lipinski definition) is 1. The fourth-order valence-corrected chi connectivity index (χ4v) is 2.07. The molecule has 0 aliphatic heterocycles. The Morgan fingerprint density at radius 3 is 2.67 bits per heavy atom. The molecule has 0 heterocycles. The molecule has 2 rings (SSSR count). The van der Waals surface area contributed by atoms with Crippen molar-refractivity contribution >= 4 is 11.6 Å². The van der Waals surface area contributed by atoms with Crippen LogP contribution in [0.4, 0.5) is 0 Å². The number of benzene rings is 2. The molecule has 0 saturated heterocycles. The first-order valence-electron chi connectivity index (χ1n) is 5.75.